The molecule has 2 rings (SSSR count). The molecule has 7 nitrogen and oxygen atoms in total. The Bertz CT molecular complexity index is 489. The van der Waals surface area contributed by atoms with Crippen molar-refractivity contribution in [1.29, 1.82) is 0 Å². The van der Waals surface area contributed by atoms with E-state index in [2.05, 4.69) is 9.88 Å². The van der Waals surface area contributed by atoms with Gasteiger partial charge in [0.15, 0.2) is 0 Å². The summed E-state index contributed by atoms with van der Waals surface area (Å²) in [5.74, 6) is -0.580. The Hall–Kier alpha value is -1.89. The summed E-state index contributed by atoms with van der Waals surface area (Å²) in [7, 11) is 2.02. The third-order valence-electron chi connectivity index (χ3n) is 3.42. The Morgan fingerprint density at radius 2 is 1.95 bits per heavy atom. The average Bonchev–Trinajstić information content (AvgIpc) is 2.72. The highest BCUT2D eigenvalue weighted by Gasteiger charge is 2.22. The first-order chi connectivity index (χ1) is 8.99. The molecule has 0 aromatic carbocycles. The molecular formula is C12H18N4O3. The van der Waals surface area contributed by atoms with Gasteiger partial charge in [-0.3, -0.25) is 4.79 Å². The molecule has 1 aromatic rings. The first kappa shape index (κ1) is 13.5. The van der Waals surface area contributed by atoms with E-state index in [0.29, 0.717) is 18.9 Å². The minimum absolute atomic E-state index is 0.0389. The Morgan fingerprint density at radius 3 is 2.53 bits per heavy atom. The van der Waals surface area contributed by atoms with Crippen molar-refractivity contribution in [3.8, 4) is 0 Å². The molecule has 1 aliphatic heterocycles. The lowest BCUT2D eigenvalue weighted by Crippen LogP contribution is -2.48. The van der Waals surface area contributed by atoms with Gasteiger partial charge < -0.3 is 19.5 Å². The number of rotatable bonds is 3. The SMILES string of the molecule is Cc1ncc(C(=O)O)n1CC(=O)N1CCN(C)CC1. The minimum atomic E-state index is -1.06. The lowest BCUT2D eigenvalue weighted by atomic mass is 10.3. The van der Waals surface area contributed by atoms with Crippen molar-refractivity contribution in [3.05, 3.63) is 17.7 Å². The summed E-state index contributed by atoms with van der Waals surface area (Å²) in [5.41, 5.74) is 0.0555. The van der Waals surface area contributed by atoms with Crippen LogP contribution in [-0.2, 0) is 11.3 Å². The fourth-order valence-electron chi connectivity index (χ4n) is 2.13. The van der Waals surface area contributed by atoms with Gasteiger partial charge in [-0.15, -0.1) is 0 Å². The molecule has 19 heavy (non-hydrogen) atoms. The molecule has 0 saturated carbocycles. The van der Waals surface area contributed by atoms with E-state index in [9.17, 15) is 9.59 Å². The molecular weight excluding hydrogens is 248 g/mol. The van der Waals surface area contributed by atoms with E-state index in [0.717, 1.165) is 13.1 Å². The second kappa shape index (κ2) is 5.40. The molecule has 0 radical (unpaired) electrons. The number of carbonyl (C=O) groups excluding carboxylic acids is 1. The van der Waals surface area contributed by atoms with Crippen LogP contribution in [0.15, 0.2) is 6.20 Å². The van der Waals surface area contributed by atoms with Crippen molar-refractivity contribution in [1.82, 2.24) is 19.4 Å². The monoisotopic (exact) mass is 266 g/mol. The van der Waals surface area contributed by atoms with Crippen molar-refractivity contribution in [2.45, 2.75) is 13.5 Å². The number of imidazole rings is 1. The second-order valence-electron chi connectivity index (χ2n) is 4.77. The standard InChI is InChI=1S/C12H18N4O3/c1-9-13-7-10(12(18)19)16(9)8-11(17)15-5-3-14(2)4-6-15/h7H,3-6,8H2,1-2H3,(H,18,19). The summed E-state index contributed by atoms with van der Waals surface area (Å²) in [5, 5.41) is 9.04. The second-order valence-corrected chi connectivity index (χ2v) is 4.77. The van der Waals surface area contributed by atoms with Gasteiger partial charge >= 0.3 is 5.97 Å². The van der Waals surface area contributed by atoms with Crippen molar-refractivity contribution in [2.75, 3.05) is 33.2 Å². The van der Waals surface area contributed by atoms with Crippen LogP contribution < -0.4 is 0 Å². The van der Waals surface area contributed by atoms with Gasteiger partial charge in [0.1, 0.15) is 18.1 Å². The van der Waals surface area contributed by atoms with Gasteiger partial charge in [0.2, 0.25) is 5.91 Å². The van der Waals surface area contributed by atoms with Crippen molar-refractivity contribution < 1.29 is 14.7 Å². The van der Waals surface area contributed by atoms with E-state index in [-0.39, 0.29) is 18.1 Å². The van der Waals surface area contributed by atoms with Crippen LogP contribution in [0.1, 0.15) is 16.3 Å². The maximum absolute atomic E-state index is 12.2. The summed E-state index contributed by atoms with van der Waals surface area (Å²) < 4.78 is 1.45. The van der Waals surface area contributed by atoms with Crippen molar-refractivity contribution in [2.24, 2.45) is 0 Å². The summed E-state index contributed by atoms with van der Waals surface area (Å²) in [6, 6.07) is 0. The van der Waals surface area contributed by atoms with Gasteiger partial charge in [-0.25, -0.2) is 9.78 Å². The number of likely N-dealkylation sites (N-methyl/N-ethyl adjacent to an activating group) is 1. The normalized spacial score (nSPS) is 16.6. The van der Waals surface area contributed by atoms with Gasteiger partial charge in [-0.1, -0.05) is 0 Å². The molecule has 1 amide bonds. The quantitative estimate of drug-likeness (QED) is 0.810. The maximum atomic E-state index is 12.2. The lowest BCUT2D eigenvalue weighted by Gasteiger charge is -2.32. The van der Waals surface area contributed by atoms with Crippen molar-refractivity contribution in [3.63, 3.8) is 0 Å². The van der Waals surface area contributed by atoms with E-state index in [1.165, 1.54) is 10.8 Å². The van der Waals surface area contributed by atoms with E-state index >= 15 is 0 Å². The van der Waals surface area contributed by atoms with Gasteiger partial charge in [-0.05, 0) is 14.0 Å². The maximum Gasteiger partial charge on any atom is 0.354 e. The van der Waals surface area contributed by atoms with E-state index in [1.54, 1.807) is 11.8 Å². The molecule has 2 heterocycles. The van der Waals surface area contributed by atoms with Crippen LogP contribution in [-0.4, -0.2) is 69.6 Å². The summed E-state index contributed by atoms with van der Waals surface area (Å²) in [6.45, 7) is 4.80. The minimum Gasteiger partial charge on any atom is -0.477 e. The Kier molecular flexibility index (Phi) is 3.84. The topological polar surface area (TPSA) is 78.7 Å². The molecule has 0 unspecified atom stereocenters. The number of aromatic carboxylic acids is 1. The average molecular weight is 266 g/mol. The molecule has 0 atom stereocenters. The Morgan fingerprint density at radius 1 is 1.32 bits per heavy atom. The fraction of sp³-hybridized carbons (Fsp3) is 0.583. The van der Waals surface area contributed by atoms with Gasteiger partial charge in [0.05, 0.1) is 6.20 Å². The molecule has 1 aliphatic rings. The van der Waals surface area contributed by atoms with Crippen LogP contribution in [0.5, 0.6) is 0 Å². The summed E-state index contributed by atoms with van der Waals surface area (Å²) in [4.78, 5) is 31.1. The van der Waals surface area contributed by atoms with Gasteiger partial charge in [-0.2, -0.15) is 0 Å². The molecule has 0 bridgehead atoms. The Balaban J connectivity index is 2.07. The molecule has 1 saturated heterocycles. The first-order valence-electron chi connectivity index (χ1n) is 6.21. The summed E-state index contributed by atoms with van der Waals surface area (Å²) in [6.07, 6.45) is 1.29. The van der Waals surface area contributed by atoms with Gasteiger partial charge in [0.25, 0.3) is 0 Å². The van der Waals surface area contributed by atoms with E-state index in [1.807, 2.05) is 7.05 Å². The number of piperazine rings is 1. The number of carboxylic acid groups (broad SMARTS) is 1. The number of hydrogen-bond acceptors (Lipinski definition) is 4. The van der Waals surface area contributed by atoms with E-state index in [4.69, 9.17) is 5.11 Å². The molecule has 0 aliphatic carbocycles. The largest absolute Gasteiger partial charge is 0.477 e. The molecule has 1 N–H and O–H groups in total. The number of aromatic nitrogens is 2. The van der Waals surface area contributed by atoms with Gasteiger partial charge in [0, 0.05) is 26.2 Å². The predicted octanol–water partition coefficient (Wildman–Crippen LogP) is -0.336. The molecule has 104 valence electrons. The van der Waals surface area contributed by atoms with Crippen LogP contribution in [0.4, 0.5) is 0 Å². The van der Waals surface area contributed by atoms with Crippen LogP contribution in [0.2, 0.25) is 0 Å². The zero-order chi connectivity index (χ0) is 14.0. The first-order valence-corrected chi connectivity index (χ1v) is 6.21. The third kappa shape index (κ3) is 2.93. The number of nitrogens with zero attached hydrogens (tertiary/aromatic N) is 4. The fourth-order valence-corrected chi connectivity index (χ4v) is 2.13. The van der Waals surface area contributed by atoms with Crippen LogP contribution >= 0.6 is 0 Å². The zero-order valence-corrected chi connectivity index (χ0v) is 11.2. The molecule has 0 spiro atoms. The van der Waals surface area contributed by atoms with Crippen LogP contribution in [0.25, 0.3) is 0 Å². The molecule has 7 heteroatoms. The van der Waals surface area contributed by atoms with Crippen LogP contribution in [0.3, 0.4) is 0 Å². The number of amides is 1. The predicted molar refractivity (Wildman–Crippen MR) is 68.0 cm³/mol. The molecule has 1 aromatic heterocycles. The number of aryl methyl sites for hydroxylation is 1. The zero-order valence-electron chi connectivity index (χ0n) is 11.2. The number of hydrogen-bond donors (Lipinski definition) is 1. The smallest absolute Gasteiger partial charge is 0.354 e. The van der Waals surface area contributed by atoms with Crippen LogP contribution in [0, 0.1) is 6.92 Å². The number of carbonyl (C=O) groups is 2. The summed E-state index contributed by atoms with van der Waals surface area (Å²) >= 11 is 0. The highest BCUT2D eigenvalue weighted by Crippen LogP contribution is 2.07. The highest BCUT2D eigenvalue weighted by molar-refractivity contribution is 5.86. The Labute approximate surface area is 111 Å². The lowest BCUT2D eigenvalue weighted by molar-refractivity contribution is -0.133. The molecule has 1 fully saturated rings. The third-order valence-corrected chi connectivity index (χ3v) is 3.42. The van der Waals surface area contributed by atoms with Crippen molar-refractivity contribution >= 4 is 11.9 Å². The highest BCUT2D eigenvalue weighted by atomic mass is 16.4. The van der Waals surface area contributed by atoms with E-state index < -0.39 is 5.97 Å². The number of carboxylic acids is 1.